The fourth-order valence-corrected chi connectivity index (χ4v) is 3.28. The highest BCUT2D eigenvalue weighted by Crippen LogP contribution is 2.51. The minimum absolute atomic E-state index is 0.690. The van der Waals surface area contributed by atoms with Crippen molar-refractivity contribution in [2.75, 3.05) is 12.8 Å². The maximum atomic E-state index is 13.4. The van der Waals surface area contributed by atoms with Gasteiger partial charge in [-0.25, -0.2) is 4.39 Å². The molecular formula is C10H8F7O2P. The lowest BCUT2D eigenvalue weighted by atomic mass is 10.3. The first-order valence-corrected chi connectivity index (χ1v) is 6.86. The second-order valence-electron chi connectivity index (χ2n) is 3.79. The fraction of sp³-hybridized carbons (Fsp3) is 0.400. The van der Waals surface area contributed by atoms with Crippen molar-refractivity contribution in [3.05, 3.63) is 30.1 Å². The molecule has 0 saturated carbocycles. The summed E-state index contributed by atoms with van der Waals surface area (Å²) >= 11 is 0. The van der Waals surface area contributed by atoms with E-state index in [9.17, 15) is 35.3 Å². The largest absolute Gasteiger partial charge is 0.412 e. The van der Waals surface area contributed by atoms with Crippen LogP contribution in [0.4, 0.5) is 30.7 Å². The lowest BCUT2D eigenvalue weighted by molar-refractivity contribution is -0.154. The quantitative estimate of drug-likeness (QED) is 0.621. The molecule has 0 fully saturated rings. The predicted octanol–water partition coefficient (Wildman–Crippen LogP) is 3.87. The molecule has 0 N–H and O–H groups in total. The van der Waals surface area contributed by atoms with Gasteiger partial charge in [-0.3, -0.25) is 4.57 Å². The Morgan fingerprint density at radius 2 is 1.55 bits per heavy atom. The van der Waals surface area contributed by atoms with Crippen LogP contribution in [0.15, 0.2) is 24.3 Å². The second-order valence-corrected chi connectivity index (χ2v) is 6.19. The molecule has 0 heterocycles. The SMILES string of the molecule is O=P(CC(F)(F)F)(OCC(F)(F)F)c1ccccc1F. The van der Waals surface area contributed by atoms with Gasteiger partial charge in [-0.15, -0.1) is 0 Å². The van der Waals surface area contributed by atoms with Gasteiger partial charge < -0.3 is 4.52 Å². The number of rotatable bonds is 4. The summed E-state index contributed by atoms with van der Waals surface area (Å²) in [5.74, 6) is -1.32. The van der Waals surface area contributed by atoms with E-state index in [2.05, 4.69) is 4.52 Å². The maximum Gasteiger partial charge on any atom is 0.412 e. The van der Waals surface area contributed by atoms with Gasteiger partial charge in [0.25, 0.3) is 0 Å². The molecule has 0 aliphatic rings. The summed E-state index contributed by atoms with van der Waals surface area (Å²) in [5, 5.41) is -1.01. The van der Waals surface area contributed by atoms with Crippen molar-refractivity contribution < 1.29 is 39.8 Å². The summed E-state index contributed by atoms with van der Waals surface area (Å²) in [4.78, 5) is 0. The highest BCUT2D eigenvalue weighted by molar-refractivity contribution is 7.67. The molecule has 0 aliphatic carbocycles. The normalized spacial score (nSPS) is 15.9. The van der Waals surface area contributed by atoms with Crippen LogP contribution >= 0.6 is 7.37 Å². The molecule has 1 atom stereocenters. The highest BCUT2D eigenvalue weighted by atomic mass is 31.2. The topological polar surface area (TPSA) is 26.3 Å². The monoisotopic (exact) mass is 324 g/mol. The lowest BCUT2D eigenvalue weighted by Gasteiger charge is -2.21. The Kier molecular flexibility index (Phi) is 4.86. The van der Waals surface area contributed by atoms with Crippen molar-refractivity contribution >= 4 is 12.7 Å². The van der Waals surface area contributed by atoms with Crippen molar-refractivity contribution in [2.24, 2.45) is 0 Å². The Bertz CT molecular complexity index is 509. The molecule has 0 radical (unpaired) electrons. The van der Waals surface area contributed by atoms with E-state index in [4.69, 9.17) is 0 Å². The summed E-state index contributed by atoms with van der Waals surface area (Å²) in [6, 6.07) is 3.55. The average molecular weight is 324 g/mol. The van der Waals surface area contributed by atoms with Gasteiger partial charge in [-0.1, -0.05) is 12.1 Å². The van der Waals surface area contributed by atoms with E-state index in [-0.39, 0.29) is 0 Å². The molecular weight excluding hydrogens is 316 g/mol. The standard InChI is InChI=1S/C10H8F7O2P/c11-7-3-1-2-4-8(7)20(18,6-10(15,16)17)19-5-9(12,13)14/h1-4H,5-6H2. The molecule has 1 aromatic carbocycles. The zero-order valence-corrected chi connectivity index (χ0v) is 10.5. The number of benzene rings is 1. The molecule has 20 heavy (non-hydrogen) atoms. The van der Waals surface area contributed by atoms with Crippen LogP contribution in [0.3, 0.4) is 0 Å². The third-order valence-electron chi connectivity index (χ3n) is 2.04. The average Bonchev–Trinajstić information content (AvgIpc) is 2.24. The van der Waals surface area contributed by atoms with Gasteiger partial charge in [0.2, 0.25) is 7.37 Å². The molecule has 0 amide bonds. The first kappa shape index (κ1) is 17.0. The number of hydrogen-bond donors (Lipinski definition) is 0. The number of hydrogen-bond acceptors (Lipinski definition) is 2. The van der Waals surface area contributed by atoms with Crippen LogP contribution in [-0.2, 0) is 9.09 Å². The first-order chi connectivity index (χ1) is 8.93. The summed E-state index contributed by atoms with van der Waals surface area (Å²) in [6.45, 7) is -2.16. The Hall–Kier alpha value is -1.08. The fourth-order valence-electron chi connectivity index (χ4n) is 1.34. The van der Waals surface area contributed by atoms with Gasteiger partial charge >= 0.3 is 12.4 Å². The number of halogens is 7. The van der Waals surface area contributed by atoms with E-state index in [0.717, 1.165) is 12.1 Å². The van der Waals surface area contributed by atoms with E-state index >= 15 is 0 Å². The van der Waals surface area contributed by atoms with Gasteiger partial charge in [-0.05, 0) is 12.1 Å². The van der Waals surface area contributed by atoms with Gasteiger partial charge in [0.15, 0.2) is 6.61 Å². The van der Waals surface area contributed by atoms with Gasteiger partial charge in [-0.2, -0.15) is 26.3 Å². The number of alkyl halides is 6. The smallest absolute Gasteiger partial charge is 0.315 e. The van der Waals surface area contributed by atoms with Crippen molar-refractivity contribution in [1.29, 1.82) is 0 Å². The second kappa shape index (κ2) is 5.73. The van der Waals surface area contributed by atoms with Crippen LogP contribution in [0, 0.1) is 5.82 Å². The van der Waals surface area contributed by atoms with Gasteiger partial charge in [0.05, 0.1) is 5.30 Å². The molecule has 0 aliphatic heterocycles. The van der Waals surface area contributed by atoms with E-state index in [1.54, 1.807) is 0 Å². The summed E-state index contributed by atoms with van der Waals surface area (Å²) in [6.07, 6.45) is -12.2. The Morgan fingerprint density at radius 3 is 2.00 bits per heavy atom. The predicted molar refractivity (Wildman–Crippen MR) is 56.6 cm³/mol. The Morgan fingerprint density at radius 1 is 1.00 bits per heavy atom. The third-order valence-corrected chi connectivity index (χ3v) is 4.46. The summed E-state index contributed by atoms with van der Waals surface area (Å²) in [5.41, 5.74) is 0. The maximum absolute atomic E-state index is 13.4. The van der Waals surface area contributed by atoms with Crippen molar-refractivity contribution in [3.8, 4) is 0 Å². The van der Waals surface area contributed by atoms with Gasteiger partial charge in [0.1, 0.15) is 12.0 Å². The molecule has 1 aromatic rings. The van der Waals surface area contributed by atoms with E-state index in [0.29, 0.717) is 12.1 Å². The van der Waals surface area contributed by atoms with Crippen LogP contribution in [0.25, 0.3) is 0 Å². The summed E-state index contributed by atoms with van der Waals surface area (Å²) in [7, 11) is -5.05. The highest BCUT2D eigenvalue weighted by Gasteiger charge is 2.44. The first-order valence-electron chi connectivity index (χ1n) is 5.05. The Labute approximate surface area is 109 Å². The van der Waals surface area contributed by atoms with Crippen LogP contribution in [0.2, 0.25) is 0 Å². The molecule has 0 spiro atoms. The Balaban J connectivity index is 3.14. The molecule has 0 aromatic heterocycles. The van der Waals surface area contributed by atoms with Crippen LogP contribution in [0.5, 0.6) is 0 Å². The van der Waals surface area contributed by atoms with Crippen molar-refractivity contribution in [1.82, 2.24) is 0 Å². The zero-order chi connectivity index (χ0) is 15.6. The third kappa shape index (κ3) is 5.13. The van der Waals surface area contributed by atoms with E-state index < -0.39 is 43.6 Å². The molecule has 1 rings (SSSR count). The van der Waals surface area contributed by atoms with Crippen LogP contribution < -0.4 is 5.30 Å². The van der Waals surface area contributed by atoms with Crippen molar-refractivity contribution in [2.45, 2.75) is 12.4 Å². The van der Waals surface area contributed by atoms with Gasteiger partial charge in [0, 0.05) is 0 Å². The minimum Gasteiger partial charge on any atom is -0.315 e. The lowest BCUT2D eigenvalue weighted by Crippen LogP contribution is -2.26. The van der Waals surface area contributed by atoms with E-state index in [1.807, 2.05) is 0 Å². The van der Waals surface area contributed by atoms with Crippen LogP contribution in [0.1, 0.15) is 0 Å². The zero-order valence-electron chi connectivity index (χ0n) is 9.63. The molecule has 1 unspecified atom stereocenters. The minimum atomic E-state index is -5.07. The summed E-state index contributed by atoms with van der Waals surface area (Å²) < 4.78 is 102. The molecule has 0 bridgehead atoms. The molecule has 114 valence electrons. The van der Waals surface area contributed by atoms with E-state index in [1.165, 1.54) is 0 Å². The van der Waals surface area contributed by atoms with Crippen molar-refractivity contribution in [3.63, 3.8) is 0 Å². The molecule has 10 heteroatoms. The molecule has 2 nitrogen and oxygen atoms in total. The van der Waals surface area contributed by atoms with Crippen LogP contribution in [-0.4, -0.2) is 25.1 Å². The molecule has 0 saturated heterocycles.